The molecule has 0 aliphatic heterocycles. The standard InChI is InChI=1S/C21H39NO3.K.H/c1-3-4-5-6-7-8-9-10-11-12-13-14-15-16-17-18-20(23)22-19(2)21(24)25;;/h10-11,19H,3-9,12-18H2,1-2H3,(H,22,23)(H,24,25);;/q;+1;-1/b11-10-;;/t19-;;/m0../s1. The summed E-state index contributed by atoms with van der Waals surface area (Å²) in [6, 6.07) is -0.796. The van der Waals surface area contributed by atoms with E-state index in [1.165, 1.54) is 64.7 Å². The third kappa shape index (κ3) is 20.6. The van der Waals surface area contributed by atoms with Gasteiger partial charge in [-0.2, -0.15) is 0 Å². The summed E-state index contributed by atoms with van der Waals surface area (Å²) in [5, 5.41) is 11.2. The number of amides is 1. The molecule has 0 fully saturated rings. The zero-order valence-corrected chi connectivity index (χ0v) is 20.5. The monoisotopic (exact) mass is 393 g/mol. The molecule has 0 aromatic carbocycles. The van der Waals surface area contributed by atoms with Gasteiger partial charge in [0.25, 0.3) is 0 Å². The van der Waals surface area contributed by atoms with Gasteiger partial charge >= 0.3 is 57.4 Å². The van der Waals surface area contributed by atoms with Gasteiger partial charge in [0.2, 0.25) is 5.91 Å². The van der Waals surface area contributed by atoms with E-state index in [9.17, 15) is 9.59 Å². The second-order valence-electron chi connectivity index (χ2n) is 6.96. The van der Waals surface area contributed by atoms with Gasteiger partial charge < -0.3 is 11.8 Å². The maximum absolute atomic E-state index is 11.5. The molecule has 0 bridgehead atoms. The van der Waals surface area contributed by atoms with Gasteiger partial charge in [0.1, 0.15) is 6.04 Å². The van der Waals surface area contributed by atoms with Crippen LogP contribution in [0.15, 0.2) is 12.2 Å². The van der Waals surface area contributed by atoms with E-state index < -0.39 is 12.0 Å². The zero-order valence-electron chi connectivity index (χ0n) is 18.4. The number of carbonyl (C=O) groups excluding carboxylic acids is 1. The van der Waals surface area contributed by atoms with Crippen LogP contribution in [0.25, 0.3) is 0 Å². The Kier molecular flexibility index (Phi) is 23.7. The minimum absolute atomic E-state index is 0. The number of allylic oxidation sites excluding steroid dienone is 2. The molecule has 5 heteroatoms. The molecule has 4 nitrogen and oxygen atoms in total. The average Bonchev–Trinajstić information content (AvgIpc) is 2.58. The topological polar surface area (TPSA) is 66.4 Å². The van der Waals surface area contributed by atoms with Crippen molar-refractivity contribution in [3.8, 4) is 0 Å². The van der Waals surface area contributed by atoms with Crippen molar-refractivity contribution in [3.63, 3.8) is 0 Å². The number of unbranched alkanes of at least 4 members (excludes halogenated alkanes) is 11. The van der Waals surface area contributed by atoms with E-state index in [1.54, 1.807) is 0 Å². The van der Waals surface area contributed by atoms with Gasteiger partial charge in [0, 0.05) is 6.42 Å². The predicted octanol–water partition coefficient (Wildman–Crippen LogP) is 2.73. The molecule has 0 aromatic heterocycles. The number of hydrogen-bond acceptors (Lipinski definition) is 2. The van der Waals surface area contributed by atoms with Crippen LogP contribution in [0.4, 0.5) is 0 Å². The van der Waals surface area contributed by atoms with Crippen molar-refractivity contribution in [1.82, 2.24) is 5.32 Å². The maximum atomic E-state index is 11.5. The summed E-state index contributed by atoms with van der Waals surface area (Å²) in [6.07, 6.45) is 21.0. The van der Waals surface area contributed by atoms with E-state index >= 15 is 0 Å². The van der Waals surface area contributed by atoms with Crippen LogP contribution in [0.5, 0.6) is 0 Å². The number of carboxylic acid groups (broad SMARTS) is 1. The maximum Gasteiger partial charge on any atom is 1.00 e. The van der Waals surface area contributed by atoms with Crippen LogP contribution in [-0.4, -0.2) is 23.0 Å². The van der Waals surface area contributed by atoms with Gasteiger partial charge in [-0.1, -0.05) is 70.4 Å². The second kappa shape index (κ2) is 21.6. The SMILES string of the molecule is CCCCCCCC/C=C\CCCCCCCC(=O)N[C@@H](C)C(=O)O.[H-].[K+]. The van der Waals surface area contributed by atoms with E-state index in [2.05, 4.69) is 24.4 Å². The number of carbonyl (C=O) groups is 2. The molecule has 0 aliphatic carbocycles. The van der Waals surface area contributed by atoms with E-state index in [-0.39, 0.29) is 58.7 Å². The molecule has 148 valence electrons. The molecule has 0 aromatic rings. The van der Waals surface area contributed by atoms with Gasteiger partial charge in [-0.05, 0) is 39.0 Å². The zero-order chi connectivity index (χ0) is 18.8. The Labute approximate surface area is 204 Å². The Bertz CT molecular complexity index is 378. The van der Waals surface area contributed by atoms with Crippen LogP contribution in [0, 0.1) is 0 Å². The van der Waals surface area contributed by atoms with Crippen LogP contribution >= 0.6 is 0 Å². The smallest absolute Gasteiger partial charge is 1.00 e. The molecule has 2 N–H and O–H groups in total. The quantitative estimate of drug-likeness (QED) is 0.227. The fourth-order valence-corrected chi connectivity index (χ4v) is 2.73. The Morgan fingerprint density at radius 3 is 1.85 bits per heavy atom. The summed E-state index contributed by atoms with van der Waals surface area (Å²) in [5.41, 5.74) is 0. The van der Waals surface area contributed by atoms with E-state index in [0.29, 0.717) is 6.42 Å². The van der Waals surface area contributed by atoms with Crippen LogP contribution < -0.4 is 56.7 Å². The number of aliphatic carboxylic acids is 1. The minimum Gasteiger partial charge on any atom is -1.00 e. The first-order valence-electron chi connectivity index (χ1n) is 10.2. The molecule has 0 heterocycles. The summed E-state index contributed by atoms with van der Waals surface area (Å²) < 4.78 is 0. The van der Waals surface area contributed by atoms with Crippen LogP contribution in [0.2, 0.25) is 0 Å². The fourth-order valence-electron chi connectivity index (χ4n) is 2.73. The summed E-state index contributed by atoms with van der Waals surface area (Å²) >= 11 is 0. The molecule has 0 saturated heterocycles. The molecule has 0 spiro atoms. The molecular weight excluding hydrogens is 353 g/mol. The number of rotatable bonds is 17. The van der Waals surface area contributed by atoms with Gasteiger partial charge in [0.15, 0.2) is 0 Å². The van der Waals surface area contributed by atoms with E-state index in [0.717, 1.165) is 25.7 Å². The normalized spacial score (nSPS) is 11.9. The second-order valence-corrected chi connectivity index (χ2v) is 6.96. The Morgan fingerprint density at radius 2 is 1.35 bits per heavy atom. The van der Waals surface area contributed by atoms with Crippen molar-refractivity contribution in [2.75, 3.05) is 0 Å². The Hall–Kier alpha value is 0.316. The molecule has 1 atom stereocenters. The predicted molar refractivity (Wildman–Crippen MR) is 106 cm³/mol. The molecule has 0 rings (SSSR count). The minimum atomic E-state index is -0.988. The third-order valence-corrected chi connectivity index (χ3v) is 4.41. The van der Waals surface area contributed by atoms with Crippen molar-refractivity contribution >= 4 is 11.9 Å². The first kappa shape index (κ1) is 28.5. The van der Waals surface area contributed by atoms with E-state index in [4.69, 9.17) is 5.11 Å². The molecular formula is C21H40KNO3. The van der Waals surface area contributed by atoms with Crippen molar-refractivity contribution in [3.05, 3.63) is 12.2 Å². The fraction of sp³-hybridized carbons (Fsp3) is 0.810. The summed E-state index contributed by atoms with van der Waals surface area (Å²) in [5.74, 6) is -1.15. The molecule has 0 aliphatic rings. The first-order valence-corrected chi connectivity index (χ1v) is 10.2. The molecule has 0 unspecified atom stereocenters. The third-order valence-electron chi connectivity index (χ3n) is 4.41. The van der Waals surface area contributed by atoms with Crippen LogP contribution in [-0.2, 0) is 9.59 Å². The van der Waals surface area contributed by atoms with Crippen molar-refractivity contribution in [2.45, 2.75) is 110 Å². The van der Waals surface area contributed by atoms with Gasteiger partial charge in [0.05, 0.1) is 0 Å². The molecule has 1 amide bonds. The Balaban J connectivity index is -0.00000288. The Morgan fingerprint density at radius 1 is 0.885 bits per heavy atom. The number of carboxylic acids is 1. The van der Waals surface area contributed by atoms with Crippen LogP contribution in [0.3, 0.4) is 0 Å². The summed E-state index contributed by atoms with van der Waals surface area (Å²) in [6.45, 7) is 3.74. The first-order chi connectivity index (χ1) is 12.1. The number of nitrogens with one attached hydrogen (secondary N) is 1. The summed E-state index contributed by atoms with van der Waals surface area (Å²) in [7, 11) is 0. The average molecular weight is 394 g/mol. The van der Waals surface area contributed by atoms with Crippen LogP contribution in [0.1, 0.15) is 105 Å². The van der Waals surface area contributed by atoms with Gasteiger partial charge in [-0.15, -0.1) is 0 Å². The molecule has 0 saturated carbocycles. The van der Waals surface area contributed by atoms with Crippen molar-refractivity contribution in [2.24, 2.45) is 0 Å². The van der Waals surface area contributed by atoms with Crippen molar-refractivity contribution < 1.29 is 67.5 Å². The summed E-state index contributed by atoms with van der Waals surface area (Å²) in [4.78, 5) is 22.1. The van der Waals surface area contributed by atoms with Gasteiger partial charge in [-0.25, -0.2) is 0 Å². The van der Waals surface area contributed by atoms with Crippen molar-refractivity contribution in [1.29, 1.82) is 0 Å². The number of hydrogen-bond donors (Lipinski definition) is 2. The molecule has 26 heavy (non-hydrogen) atoms. The van der Waals surface area contributed by atoms with Gasteiger partial charge in [-0.3, -0.25) is 9.59 Å². The largest absolute Gasteiger partial charge is 1.00 e. The van der Waals surface area contributed by atoms with E-state index in [1.807, 2.05) is 0 Å². The molecule has 0 radical (unpaired) electrons.